The molecule has 0 spiro atoms. The van der Waals surface area contributed by atoms with Crippen molar-refractivity contribution in [2.45, 2.75) is 13.3 Å². The second-order valence-electron chi connectivity index (χ2n) is 4.32. The van der Waals surface area contributed by atoms with Gasteiger partial charge in [0.1, 0.15) is 11.8 Å². The molecule has 6 nitrogen and oxygen atoms in total. The Bertz CT molecular complexity index is 630. The molecule has 0 radical (unpaired) electrons. The minimum Gasteiger partial charge on any atom is -0.484 e. The molecular formula is C14H19N5O. The fourth-order valence-electron chi connectivity index (χ4n) is 1.81. The molecule has 0 unspecified atom stereocenters. The summed E-state index contributed by atoms with van der Waals surface area (Å²) in [7, 11) is 3.60. The van der Waals surface area contributed by atoms with Crippen molar-refractivity contribution in [3.05, 3.63) is 30.9 Å². The van der Waals surface area contributed by atoms with Gasteiger partial charge in [0.05, 0.1) is 12.6 Å². The molecule has 2 aromatic rings. The van der Waals surface area contributed by atoms with Crippen LogP contribution < -0.4 is 5.32 Å². The number of hydrogen-bond donors (Lipinski definition) is 1. The highest BCUT2D eigenvalue weighted by molar-refractivity contribution is 5.86. The van der Waals surface area contributed by atoms with Crippen LogP contribution in [0, 0.1) is 0 Å². The summed E-state index contributed by atoms with van der Waals surface area (Å²) >= 11 is 0. The van der Waals surface area contributed by atoms with Crippen LogP contribution in [-0.2, 0) is 11.8 Å². The number of fused-ring (bicyclic) bond motifs is 1. The number of aromatic nitrogens is 3. The maximum Gasteiger partial charge on any atom is 0.179 e. The molecule has 20 heavy (non-hydrogen) atoms. The normalized spacial score (nSPS) is 12.2. The first kappa shape index (κ1) is 14.0. The summed E-state index contributed by atoms with van der Waals surface area (Å²) < 4.78 is 6.97. The van der Waals surface area contributed by atoms with Gasteiger partial charge >= 0.3 is 0 Å². The molecule has 0 atom stereocenters. The molecule has 0 saturated carbocycles. The Morgan fingerprint density at radius 2 is 2.35 bits per heavy atom. The van der Waals surface area contributed by atoms with Gasteiger partial charge < -0.3 is 14.6 Å². The number of nitrogens with zero attached hydrogens (tertiary/aromatic N) is 4. The van der Waals surface area contributed by atoms with Crippen LogP contribution in [0.3, 0.4) is 0 Å². The molecule has 0 aromatic carbocycles. The lowest BCUT2D eigenvalue weighted by Crippen LogP contribution is -1.97. The van der Waals surface area contributed by atoms with Crippen LogP contribution in [0.2, 0.25) is 0 Å². The third-order valence-corrected chi connectivity index (χ3v) is 2.92. The number of anilines is 1. The predicted molar refractivity (Wildman–Crippen MR) is 80.9 cm³/mol. The van der Waals surface area contributed by atoms with E-state index in [1.165, 1.54) is 0 Å². The van der Waals surface area contributed by atoms with Crippen molar-refractivity contribution in [1.82, 2.24) is 14.5 Å². The van der Waals surface area contributed by atoms with Crippen LogP contribution in [0.5, 0.6) is 0 Å². The Hall–Kier alpha value is -2.37. The molecule has 0 amide bonds. The standard InChI is InChI=1S/C14H19N5O/c1-11(20-3)15-7-4-5-8-16-14-13-12(17-10-18-14)6-9-19(13)2/h5-6,8-10H,4,7H2,1-3H3,(H,16,17,18)/b8-5+,15-11?. The van der Waals surface area contributed by atoms with Crippen LogP contribution in [0.15, 0.2) is 35.9 Å². The zero-order valence-corrected chi connectivity index (χ0v) is 12.0. The van der Waals surface area contributed by atoms with Crippen LogP contribution in [0.1, 0.15) is 13.3 Å². The maximum atomic E-state index is 4.97. The van der Waals surface area contributed by atoms with E-state index in [4.69, 9.17) is 4.74 Å². The SMILES string of the molecule is COC(C)=NCC/C=C/Nc1ncnc2ccn(C)c12. The van der Waals surface area contributed by atoms with Crippen molar-refractivity contribution in [3.8, 4) is 0 Å². The molecule has 2 aromatic heterocycles. The quantitative estimate of drug-likeness (QED) is 0.516. The maximum absolute atomic E-state index is 4.97. The van der Waals surface area contributed by atoms with E-state index in [2.05, 4.69) is 20.3 Å². The largest absolute Gasteiger partial charge is 0.484 e. The number of hydrogen-bond acceptors (Lipinski definition) is 5. The van der Waals surface area contributed by atoms with E-state index < -0.39 is 0 Å². The van der Waals surface area contributed by atoms with Crippen LogP contribution in [0.25, 0.3) is 11.0 Å². The van der Waals surface area contributed by atoms with Crippen LogP contribution in [-0.4, -0.2) is 34.1 Å². The van der Waals surface area contributed by atoms with Gasteiger partial charge in [-0.3, -0.25) is 4.99 Å². The van der Waals surface area contributed by atoms with Gasteiger partial charge in [0.2, 0.25) is 0 Å². The van der Waals surface area contributed by atoms with Crippen molar-refractivity contribution < 1.29 is 4.74 Å². The molecule has 0 aliphatic rings. The first-order chi connectivity index (χ1) is 9.72. The molecular weight excluding hydrogens is 254 g/mol. The van der Waals surface area contributed by atoms with Crippen LogP contribution in [0.4, 0.5) is 5.82 Å². The van der Waals surface area contributed by atoms with E-state index in [1.54, 1.807) is 13.4 Å². The van der Waals surface area contributed by atoms with Gasteiger partial charge in [-0.2, -0.15) is 0 Å². The average molecular weight is 273 g/mol. The molecule has 2 heterocycles. The average Bonchev–Trinajstić information content (AvgIpc) is 2.85. The highest BCUT2D eigenvalue weighted by Gasteiger charge is 2.04. The van der Waals surface area contributed by atoms with Crippen molar-refractivity contribution in [1.29, 1.82) is 0 Å². The van der Waals surface area contributed by atoms with Crippen molar-refractivity contribution in [3.63, 3.8) is 0 Å². The Morgan fingerprint density at radius 3 is 3.15 bits per heavy atom. The zero-order chi connectivity index (χ0) is 14.4. The summed E-state index contributed by atoms with van der Waals surface area (Å²) in [6.45, 7) is 2.55. The first-order valence-corrected chi connectivity index (χ1v) is 6.45. The van der Waals surface area contributed by atoms with Gasteiger partial charge in [0.25, 0.3) is 0 Å². The van der Waals surface area contributed by atoms with E-state index in [1.807, 2.05) is 43.1 Å². The molecule has 0 aliphatic carbocycles. The molecule has 2 rings (SSSR count). The smallest absolute Gasteiger partial charge is 0.179 e. The van der Waals surface area contributed by atoms with Crippen LogP contribution >= 0.6 is 0 Å². The minimum absolute atomic E-state index is 0.702. The van der Waals surface area contributed by atoms with Crippen molar-refractivity contribution in [2.75, 3.05) is 19.0 Å². The van der Waals surface area contributed by atoms with Crippen molar-refractivity contribution >= 4 is 22.7 Å². The zero-order valence-electron chi connectivity index (χ0n) is 12.0. The fraction of sp³-hybridized carbons (Fsp3) is 0.357. The number of rotatable bonds is 5. The van der Waals surface area contributed by atoms with Gasteiger partial charge in [-0.05, 0) is 18.7 Å². The Balaban J connectivity index is 1.94. The summed E-state index contributed by atoms with van der Waals surface area (Å²) in [5.41, 5.74) is 1.92. The number of aliphatic imine (C=N–C) groups is 1. The number of aryl methyl sites for hydroxylation is 1. The van der Waals surface area contributed by atoms with E-state index in [9.17, 15) is 0 Å². The monoisotopic (exact) mass is 273 g/mol. The third-order valence-electron chi connectivity index (χ3n) is 2.92. The summed E-state index contributed by atoms with van der Waals surface area (Å²) in [5.74, 6) is 1.50. The minimum atomic E-state index is 0.702. The Labute approximate surface area is 118 Å². The van der Waals surface area contributed by atoms with Gasteiger partial charge in [-0.1, -0.05) is 6.08 Å². The van der Waals surface area contributed by atoms with Gasteiger partial charge in [0.15, 0.2) is 11.7 Å². The van der Waals surface area contributed by atoms with E-state index >= 15 is 0 Å². The lowest BCUT2D eigenvalue weighted by molar-refractivity contribution is 0.397. The van der Waals surface area contributed by atoms with Crippen molar-refractivity contribution in [2.24, 2.45) is 12.0 Å². The summed E-state index contributed by atoms with van der Waals surface area (Å²) in [5, 5.41) is 3.18. The highest BCUT2D eigenvalue weighted by atomic mass is 16.5. The molecule has 0 saturated heterocycles. The van der Waals surface area contributed by atoms with Gasteiger partial charge in [-0.15, -0.1) is 0 Å². The first-order valence-electron chi connectivity index (χ1n) is 6.45. The van der Waals surface area contributed by atoms with E-state index in [0.29, 0.717) is 12.4 Å². The number of methoxy groups -OCH3 is 1. The lowest BCUT2D eigenvalue weighted by Gasteiger charge is -2.03. The molecule has 1 N–H and O–H groups in total. The third kappa shape index (κ3) is 3.34. The molecule has 0 bridgehead atoms. The summed E-state index contributed by atoms with van der Waals surface area (Å²) in [6, 6.07) is 1.97. The second-order valence-corrected chi connectivity index (χ2v) is 4.32. The number of ether oxygens (including phenoxy) is 1. The van der Waals surface area contributed by atoms with Gasteiger partial charge in [0, 0.05) is 26.7 Å². The lowest BCUT2D eigenvalue weighted by atomic mass is 10.4. The Kier molecular flexibility index (Phi) is 4.70. The van der Waals surface area contributed by atoms with E-state index in [-0.39, 0.29) is 0 Å². The number of nitrogens with one attached hydrogen (secondary N) is 1. The Morgan fingerprint density at radius 1 is 1.50 bits per heavy atom. The van der Waals surface area contributed by atoms with E-state index in [0.717, 1.165) is 23.3 Å². The molecule has 6 heteroatoms. The predicted octanol–water partition coefficient (Wildman–Crippen LogP) is 2.35. The highest BCUT2D eigenvalue weighted by Crippen LogP contribution is 2.18. The fourth-order valence-corrected chi connectivity index (χ4v) is 1.81. The summed E-state index contributed by atoms with van der Waals surface area (Å²) in [6.07, 6.45) is 8.27. The topological polar surface area (TPSA) is 64.3 Å². The summed E-state index contributed by atoms with van der Waals surface area (Å²) in [4.78, 5) is 12.7. The van der Waals surface area contributed by atoms with Gasteiger partial charge in [-0.25, -0.2) is 9.97 Å². The molecule has 106 valence electrons. The molecule has 0 fully saturated rings. The molecule has 0 aliphatic heterocycles. The second kappa shape index (κ2) is 6.70.